The van der Waals surface area contributed by atoms with Gasteiger partial charge >= 0.3 is 0 Å². The van der Waals surface area contributed by atoms with Gasteiger partial charge in [0.25, 0.3) is 0 Å². The van der Waals surface area contributed by atoms with Gasteiger partial charge in [-0.2, -0.15) is 0 Å². The van der Waals surface area contributed by atoms with Gasteiger partial charge in [-0.1, -0.05) is 25.4 Å². The van der Waals surface area contributed by atoms with Crippen LogP contribution in [0, 0.1) is 5.92 Å². The number of aliphatic hydroxyl groups excluding tert-OH is 1. The Morgan fingerprint density at radius 3 is 2.71 bits per heavy atom. The number of hydrogen-bond donors (Lipinski definition) is 2. The lowest BCUT2D eigenvalue weighted by Crippen LogP contribution is -2.29. The molecule has 0 aromatic carbocycles. The van der Waals surface area contributed by atoms with E-state index in [9.17, 15) is 0 Å². The Morgan fingerprint density at radius 2 is 2.21 bits per heavy atom. The van der Waals surface area contributed by atoms with Crippen LogP contribution < -0.4 is 5.32 Å². The van der Waals surface area contributed by atoms with Crippen LogP contribution in [0.5, 0.6) is 0 Å². The second kappa shape index (κ2) is 5.12. The molecular formula is C9H14ClN3O. The summed E-state index contributed by atoms with van der Waals surface area (Å²) in [5.74, 6) is 0.964. The second-order valence-electron chi connectivity index (χ2n) is 3.40. The summed E-state index contributed by atoms with van der Waals surface area (Å²) in [6.07, 6.45) is 1.39. The molecule has 14 heavy (non-hydrogen) atoms. The summed E-state index contributed by atoms with van der Waals surface area (Å²) >= 11 is 5.70. The van der Waals surface area contributed by atoms with E-state index >= 15 is 0 Å². The van der Waals surface area contributed by atoms with Crippen LogP contribution in [0.1, 0.15) is 13.8 Å². The Balaban J connectivity index is 2.67. The van der Waals surface area contributed by atoms with Crippen molar-refractivity contribution in [1.29, 1.82) is 0 Å². The van der Waals surface area contributed by atoms with Crippen LogP contribution in [0.4, 0.5) is 5.82 Å². The Kier molecular flexibility index (Phi) is 4.10. The minimum absolute atomic E-state index is 0.0130. The number of hydrogen-bond acceptors (Lipinski definition) is 4. The zero-order valence-corrected chi connectivity index (χ0v) is 8.99. The number of nitrogens with zero attached hydrogens (tertiary/aromatic N) is 2. The highest BCUT2D eigenvalue weighted by Gasteiger charge is 2.12. The van der Waals surface area contributed by atoms with Gasteiger partial charge in [-0.05, 0) is 5.92 Å². The molecule has 0 aliphatic heterocycles. The number of aliphatic hydroxyl groups is 1. The molecule has 0 bridgehead atoms. The molecule has 1 heterocycles. The number of nitrogens with one attached hydrogen (secondary N) is 1. The molecule has 4 nitrogen and oxygen atoms in total. The molecule has 0 saturated heterocycles. The smallest absolute Gasteiger partial charge is 0.134 e. The van der Waals surface area contributed by atoms with Gasteiger partial charge in [0.15, 0.2) is 0 Å². The molecule has 1 aromatic rings. The lowest BCUT2D eigenvalue weighted by atomic mass is 10.1. The highest BCUT2D eigenvalue weighted by molar-refractivity contribution is 6.29. The van der Waals surface area contributed by atoms with E-state index in [0.29, 0.717) is 16.9 Å². The molecule has 0 saturated carbocycles. The fourth-order valence-corrected chi connectivity index (χ4v) is 1.17. The third-order valence-corrected chi connectivity index (χ3v) is 2.18. The van der Waals surface area contributed by atoms with Crippen molar-refractivity contribution in [2.75, 3.05) is 11.9 Å². The van der Waals surface area contributed by atoms with Crippen molar-refractivity contribution in [1.82, 2.24) is 9.97 Å². The first-order valence-electron chi connectivity index (χ1n) is 4.48. The van der Waals surface area contributed by atoms with E-state index in [0.717, 1.165) is 0 Å². The third-order valence-electron chi connectivity index (χ3n) is 1.97. The lowest BCUT2D eigenvalue weighted by molar-refractivity contribution is 0.249. The number of halogens is 1. The summed E-state index contributed by atoms with van der Waals surface area (Å²) in [5, 5.41) is 12.6. The van der Waals surface area contributed by atoms with E-state index in [1.807, 2.05) is 13.8 Å². The first kappa shape index (κ1) is 11.2. The molecule has 1 rings (SSSR count). The molecule has 78 valence electrons. The molecule has 0 radical (unpaired) electrons. The molecule has 2 N–H and O–H groups in total. The third kappa shape index (κ3) is 3.12. The Morgan fingerprint density at radius 1 is 1.50 bits per heavy atom. The van der Waals surface area contributed by atoms with Gasteiger partial charge in [-0.3, -0.25) is 0 Å². The summed E-state index contributed by atoms with van der Waals surface area (Å²) in [4.78, 5) is 7.76. The standard InChI is InChI=1S/C9H14ClN3O/c1-6(2)7(4-14)13-9-3-8(10)11-5-12-9/h3,5-7,14H,4H2,1-2H3,(H,11,12,13)/t7-/m1/s1. The summed E-state index contributed by atoms with van der Waals surface area (Å²) in [6, 6.07) is 1.62. The summed E-state index contributed by atoms with van der Waals surface area (Å²) in [7, 11) is 0. The van der Waals surface area contributed by atoms with Crippen molar-refractivity contribution in [2.24, 2.45) is 5.92 Å². The largest absolute Gasteiger partial charge is 0.394 e. The molecule has 5 heteroatoms. The van der Waals surface area contributed by atoms with E-state index in [1.165, 1.54) is 6.33 Å². The number of anilines is 1. The maximum atomic E-state index is 9.09. The highest BCUT2D eigenvalue weighted by Crippen LogP contribution is 2.12. The van der Waals surface area contributed by atoms with Crippen molar-refractivity contribution in [3.63, 3.8) is 0 Å². The van der Waals surface area contributed by atoms with E-state index in [1.54, 1.807) is 6.07 Å². The zero-order chi connectivity index (χ0) is 10.6. The van der Waals surface area contributed by atoms with Crippen molar-refractivity contribution >= 4 is 17.4 Å². The Labute approximate surface area is 88.3 Å². The van der Waals surface area contributed by atoms with E-state index in [4.69, 9.17) is 16.7 Å². The van der Waals surface area contributed by atoms with Crippen molar-refractivity contribution < 1.29 is 5.11 Å². The molecule has 0 aliphatic carbocycles. The van der Waals surface area contributed by atoms with Crippen molar-refractivity contribution in [3.8, 4) is 0 Å². The fraction of sp³-hybridized carbons (Fsp3) is 0.556. The molecule has 0 unspecified atom stereocenters. The SMILES string of the molecule is CC(C)[C@@H](CO)Nc1cc(Cl)ncn1. The predicted octanol–water partition coefficient (Wildman–Crippen LogP) is 1.56. The van der Waals surface area contributed by atoms with Gasteiger partial charge in [0.1, 0.15) is 17.3 Å². The van der Waals surface area contributed by atoms with Gasteiger partial charge in [-0.25, -0.2) is 9.97 Å². The second-order valence-corrected chi connectivity index (χ2v) is 3.79. The van der Waals surface area contributed by atoms with Crippen LogP contribution >= 0.6 is 11.6 Å². The van der Waals surface area contributed by atoms with Crippen LogP contribution in [0.15, 0.2) is 12.4 Å². The Bertz CT molecular complexity index is 293. The van der Waals surface area contributed by atoms with Gasteiger partial charge in [0, 0.05) is 6.07 Å². The average Bonchev–Trinajstić information content (AvgIpc) is 2.14. The van der Waals surface area contributed by atoms with Crippen LogP contribution in [0.2, 0.25) is 5.15 Å². The first-order chi connectivity index (χ1) is 6.63. The molecule has 0 spiro atoms. The fourth-order valence-electron chi connectivity index (χ4n) is 1.03. The maximum absolute atomic E-state index is 9.09. The molecule has 0 amide bonds. The van der Waals surface area contributed by atoms with Crippen LogP contribution in [0.25, 0.3) is 0 Å². The Hall–Kier alpha value is -0.870. The first-order valence-corrected chi connectivity index (χ1v) is 4.86. The number of aromatic nitrogens is 2. The zero-order valence-electron chi connectivity index (χ0n) is 8.24. The van der Waals surface area contributed by atoms with Crippen molar-refractivity contribution in [3.05, 3.63) is 17.5 Å². The highest BCUT2D eigenvalue weighted by atomic mass is 35.5. The summed E-state index contributed by atoms with van der Waals surface area (Å²) in [6.45, 7) is 4.12. The van der Waals surface area contributed by atoms with Gasteiger partial charge < -0.3 is 10.4 Å². The molecular weight excluding hydrogens is 202 g/mol. The lowest BCUT2D eigenvalue weighted by Gasteiger charge is -2.20. The number of rotatable bonds is 4. The minimum atomic E-state index is -0.0130. The average molecular weight is 216 g/mol. The predicted molar refractivity (Wildman–Crippen MR) is 56.4 cm³/mol. The van der Waals surface area contributed by atoms with Crippen LogP contribution in [0.3, 0.4) is 0 Å². The van der Waals surface area contributed by atoms with Crippen molar-refractivity contribution in [2.45, 2.75) is 19.9 Å². The minimum Gasteiger partial charge on any atom is -0.394 e. The van der Waals surface area contributed by atoms with Gasteiger partial charge in [0.05, 0.1) is 12.6 Å². The van der Waals surface area contributed by atoms with Gasteiger partial charge in [0.2, 0.25) is 0 Å². The molecule has 1 atom stereocenters. The summed E-state index contributed by atoms with van der Waals surface area (Å²) < 4.78 is 0. The topological polar surface area (TPSA) is 58.0 Å². The summed E-state index contributed by atoms with van der Waals surface area (Å²) in [5.41, 5.74) is 0. The molecule has 0 aliphatic rings. The molecule has 0 fully saturated rings. The quantitative estimate of drug-likeness (QED) is 0.749. The maximum Gasteiger partial charge on any atom is 0.134 e. The van der Waals surface area contributed by atoms with Crippen LogP contribution in [-0.2, 0) is 0 Å². The van der Waals surface area contributed by atoms with E-state index in [-0.39, 0.29) is 12.6 Å². The monoisotopic (exact) mass is 215 g/mol. The van der Waals surface area contributed by atoms with Gasteiger partial charge in [-0.15, -0.1) is 0 Å². The van der Waals surface area contributed by atoms with Crippen LogP contribution in [-0.4, -0.2) is 27.7 Å². The van der Waals surface area contributed by atoms with E-state index < -0.39 is 0 Å². The normalized spacial score (nSPS) is 12.9. The molecule has 1 aromatic heterocycles. The van der Waals surface area contributed by atoms with E-state index in [2.05, 4.69) is 15.3 Å².